The zero-order chi connectivity index (χ0) is 18.8. The van der Waals surface area contributed by atoms with Gasteiger partial charge in [0.05, 0.1) is 0 Å². The van der Waals surface area contributed by atoms with Crippen LogP contribution in [0.4, 0.5) is 0 Å². The number of hydrogen-bond donors (Lipinski definition) is 0. The van der Waals surface area contributed by atoms with Crippen molar-refractivity contribution in [1.29, 1.82) is 0 Å². The van der Waals surface area contributed by atoms with Crippen LogP contribution in [0.2, 0.25) is 5.02 Å². The summed E-state index contributed by atoms with van der Waals surface area (Å²) >= 11 is 6.12. The summed E-state index contributed by atoms with van der Waals surface area (Å²) in [6.07, 6.45) is 3.01. The highest BCUT2D eigenvalue weighted by Crippen LogP contribution is 2.27. The Morgan fingerprint density at radius 3 is 2.93 bits per heavy atom. The Balaban J connectivity index is 1.45. The topological polar surface area (TPSA) is 54.3 Å². The third-order valence-electron chi connectivity index (χ3n) is 5.67. The summed E-state index contributed by atoms with van der Waals surface area (Å²) in [5.74, 6) is 2.57. The number of benzene rings is 1. The maximum absolute atomic E-state index is 11.8. The van der Waals surface area contributed by atoms with E-state index in [0.717, 1.165) is 75.2 Å². The second-order valence-corrected chi connectivity index (χ2v) is 8.02. The van der Waals surface area contributed by atoms with Crippen LogP contribution >= 0.6 is 11.6 Å². The minimum atomic E-state index is 0.156. The van der Waals surface area contributed by atoms with Gasteiger partial charge in [-0.05, 0) is 30.5 Å². The normalized spacial score (nSPS) is 21.0. The first kappa shape index (κ1) is 18.4. The molecule has 0 spiro atoms. The van der Waals surface area contributed by atoms with Crippen LogP contribution in [0.5, 0.6) is 0 Å². The van der Waals surface area contributed by atoms with Crippen LogP contribution in [0.1, 0.15) is 42.9 Å². The largest absolute Gasteiger partial charge is 0.342 e. The van der Waals surface area contributed by atoms with Gasteiger partial charge in [0.15, 0.2) is 0 Å². The predicted molar refractivity (Wildman–Crippen MR) is 105 cm³/mol. The average molecular weight is 388 g/mol. The third-order valence-corrected chi connectivity index (χ3v) is 5.91. The van der Waals surface area contributed by atoms with E-state index in [4.69, 9.17) is 11.6 Å². The SMILES string of the molecule is CC(=O)N1CCC[C@H](c2nnc3n2CCN(Cc2cccc(Cl)c2)CC3)C1. The van der Waals surface area contributed by atoms with Gasteiger partial charge in [-0.3, -0.25) is 9.69 Å². The number of carbonyl (C=O) groups is 1. The average Bonchev–Trinajstić information content (AvgIpc) is 2.97. The number of amides is 1. The van der Waals surface area contributed by atoms with Gasteiger partial charge >= 0.3 is 0 Å². The highest BCUT2D eigenvalue weighted by molar-refractivity contribution is 6.30. The molecule has 3 heterocycles. The fourth-order valence-electron chi connectivity index (χ4n) is 4.22. The number of halogens is 1. The van der Waals surface area contributed by atoms with Gasteiger partial charge in [0.1, 0.15) is 11.6 Å². The summed E-state index contributed by atoms with van der Waals surface area (Å²) in [6.45, 7) is 7.01. The van der Waals surface area contributed by atoms with Crippen molar-refractivity contribution in [2.45, 2.75) is 45.2 Å². The van der Waals surface area contributed by atoms with Crippen LogP contribution in [-0.2, 0) is 24.3 Å². The molecule has 1 aromatic heterocycles. The lowest BCUT2D eigenvalue weighted by Gasteiger charge is -2.31. The molecule has 2 aromatic rings. The standard InChI is InChI=1S/C20H26ClN5O/c1-15(27)25-8-3-5-17(14-25)20-23-22-19-7-9-24(10-11-26(19)20)13-16-4-2-6-18(21)12-16/h2,4,6,12,17H,3,5,7-11,13-14H2,1H3/t17-/m0/s1. The minimum absolute atomic E-state index is 0.156. The van der Waals surface area contributed by atoms with Crippen molar-refractivity contribution in [2.24, 2.45) is 0 Å². The molecule has 0 aliphatic carbocycles. The third kappa shape index (κ3) is 4.17. The zero-order valence-electron chi connectivity index (χ0n) is 15.8. The molecule has 1 aromatic carbocycles. The number of likely N-dealkylation sites (tertiary alicyclic amines) is 1. The highest BCUT2D eigenvalue weighted by Gasteiger charge is 2.29. The first-order chi connectivity index (χ1) is 13.1. The molecule has 7 heteroatoms. The fraction of sp³-hybridized carbons (Fsp3) is 0.550. The minimum Gasteiger partial charge on any atom is -0.342 e. The summed E-state index contributed by atoms with van der Waals surface area (Å²) in [7, 11) is 0. The monoisotopic (exact) mass is 387 g/mol. The van der Waals surface area contributed by atoms with Crippen molar-refractivity contribution in [3.8, 4) is 0 Å². The molecule has 0 bridgehead atoms. The number of rotatable bonds is 3. The molecule has 2 aliphatic rings. The van der Waals surface area contributed by atoms with Gasteiger partial charge in [-0.25, -0.2) is 0 Å². The smallest absolute Gasteiger partial charge is 0.219 e. The van der Waals surface area contributed by atoms with Crippen LogP contribution in [-0.4, -0.2) is 56.7 Å². The van der Waals surface area contributed by atoms with Gasteiger partial charge in [-0.1, -0.05) is 23.7 Å². The number of hydrogen-bond acceptors (Lipinski definition) is 4. The summed E-state index contributed by atoms with van der Waals surface area (Å²) in [6, 6.07) is 8.08. The second-order valence-electron chi connectivity index (χ2n) is 7.59. The molecule has 6 nitrogen and oxygen atoms in total. The summed E-state index contributed by atoms with van der Waals surface area (Å²) in [5.41, 5.74) is 1.24. The molecule has 1 amide bonds. The molecule has 0 N–H and O–H groups in total. The molecular formula is C20H26ClN5O. The van der Waals surface area contributed by atoms with Crippen molar-refractivity contribution in [3.05, 3.63) is 46.5 Å². The molecule has 2 aliphatic heterocycles. The van der Waals surface area contributed by atoms with E-state index in [1.807, 2.05) is 23.1 Å². The Bertz CT molecular complexity index is 820. The number of fused-ring (bicyclic) bond motifs is 1. The van der Waals surface area contributed by atoms with E-state index in [1.165, 1.54) is 5.56 Å². The highest BCUT2D eigenvalue weighted by atomic mass is 35.5. The maximum Gasteiger partial charge on any atom is 0.219 e. The fourth-order valence-corrected chi connectivity index (χ4v) is 4.43. The van der Waals surface area contributed by atoms with E-state index >= 15 is 0 Å². The van der Waals surface area contributed by atoms with Crippen LogP contribution in [0.15, 0.2) is 24.3 Å². The van der Waals surface area contributed by atoms with Crippen LogP contribution in [0, 0.1) is 0 Å². The quantitative estimate of drug-likeness (QED) is 0.812. The van der Waals surface area contributed by atoms with E-state index in [1.54, 1.807) is 6.92 Å². The molecule has 1 fully saturated rings. The number of piperidine rings is 1. The predicted octanol–water partition coefficient (Wildman–Crippen LogP) is 2.72. The van der Waals surface area contributed by atoms with Gasteiger partial charge in [0.2, 0.25) is 5.91 Å². The van der Waals surface area contributed by atoms with E-state index < -0.39 is 0 Å². The number of aromatic nitrogens is 3. The Labute approximate surface area is 165 Å². The first-order valence-corrected chi connectivity index (χ1v) is 10.1. The molecule has 0 saturated carbocycles. The molecule has 1 saturated heterocycles. The van der Waals surface area contributed by atoms with Gasteiger partial charge in [0.25, 0.3) is 0 Å². The molecule has 4 rings (SSSR count). The summed E-state index contributed by atoms with van der Waals surface area (Å²) < 4.78 is 2.30. The van der Waals surface area contributed by atoms with Crippen molar-refractivity contribution < 1.29 is 4.79 Å². The van der Waals surface area contributed by atoms with E-state index in [2.05, 4.69) is 25.7 Å². The van der Waals surface area contributed by atoms with Crippen molar-refractivity contribution >= 4 is 17.5 Å². The van der Waals surface area contributed by atoms with Crippen molar-refractivity contribution in [1.82, 2.24) is 24.6 Å². The molecule has 0 unspecified atom stereocenters. The molecule has 0 radical (unpaired) electrons. The Morgan fingerprint density at radius 1 is 1.22 bits per heavy atom. The van der Waals surface area contributed by atoms with Crippen LogP contribution < -0.4 is 0 Å². The van der Waals surface area contributed by atoms with E-state index in [9.17, 15) is 4.79 Å². The molecule has 144 valence electrons. The summed E-state index contributed by atoms with van der Waals surface area (Å²) in [4.78, 5) is 16.2. The first-order valence-electron chi connectivity index (χ1n) is 9.74. The van der Waals surface area contributed by atoms with Crippen molar-refractivity contribution in [3.63, 3.8) is 0 Å². The lowest BCUT2D eigenvalue weighted by Crippen LogP contribution is -2.38. The Hall–Kier alpha value is -1.92. The Kier molecular flexibility index (Phi) is 5.45. The van der Waals surface area contributed by atoms with Crippen LogP contribution in [0.3, 0.4) is 0 Å². The van der Waals surface area contributed by atoms with Gasteiger partial charge in [-0.15, -0.1) is 10.2 Å². The second kappa shape index (κ2) is 7.98. The van der Waals surface area contributed by atoms with Gasteiger partial charge < -0.3 is 9.47 Å². The van der Waals surface area contributed by atoms with Crippen molar-refractivity contribution in [2.75, 3.05) is 26.2 Å². The Morgan fingerprint density at radius 2 is 2.11 bits per heavy atom. The van der Waals surface area contributed by atoms with Crippen LogP contribution in [0.25, 0.3) is 0 Å². The summed E-state index contributed by atoms with van der Waals surface area (Å²) in [5, 5.41) is 9.78. The number of carbonyl (C=O) groups excluding carboxylic acids is 1. The lowest BCUT2D eigenvalue weighted by molar-refractivity contribution is -0.130. The number of nitrogens with zero attached hydrogens (tertiary/aromatic N) is 5. The van der Waals surface area contributed by atoms with Gasteiger partial charge in [-0.2, -0.15) is 0 Å². The maximum atomic E-state index is 11.8. The molecular weight excluding hydrogens is 362 g/mol. The zero-order valence-corrected chi connectivity index (χ0v) is 16.5. The molecule has 27 heavy (non-hydrogen) atoms. The lowest BCUT2D eigenvalue weighted by atomic mass is 9.97. The van der Waals surface area contributed by atoms with Gasteiger partial charge in [0, 0.05) is 63.6 Å². The van der Waals surface area contributed by atoms with E-state index in [-0.39, 0.29) is 5.91 Å². The molecule has 1 atom stereocenters. The van der Waals surface area contributed by atoms with E-state index in [0.29, 0.717) is 5.92 Å².